The molecule has 1 aromatic carbocycles. The molecule has 1 aliphatic carbocycles. The van der Waals surface area contributed by atoms with Crippen molar-refractivity contribution in [1.29, 1.82) is 0 Å². The summed E-state index contributed by atoms with van der Waals surface area (Å²) in [4.78, 5) is 17.4. The molecule has 1 aliphatic heterocycles. The van der Waals surface area contributed by atoms with Crippen molar-refractivity contribution in [2.45, 2.75) is 45.7 Å². The number of allylic oxidation sites excluding steroid dienone is 4. The third-order valence-corrected chi connectivity index (χ3v) is 16.6. The summed E-state index contributed by atoms with van der Waals surface area (Å²) in [7, 11) is -2.40. The molecule has 0 fully saturated rings. The first kappa shape index (κ1) is 21.0. The standard InChI is InChI=1S/C23H24INO2SeSi/c1-12(2)29(13(3)4)21-10-15(26)6-7-17(21)25-18-8-9-19(27)22(23(18)29)20-11-16(24)14(5)28-20/h6-13,27H,1-5H3. The van der Waals surface area contributed by atoms with Gasteiger partial charge in [-0.25, -0.2) is 0 Å². The second kappa shape index (κ2) is 7.48. The molecule has 0 unspecified atom stereocenters. The summed E-state index contributed by atoms with van der Waals surface area (Å²) in [6.07, 6.45) is 5.32. The van der Waals surface area contributed by atoms with E-state index in [2.05, 4.69) is 63.3 Å². The van der Waals surface area contributed by atoms with Crippen molar-refractivity contribution in [3.05, 3.63) is 49.6 Å². The van der Waals surface area contributed by atoms with Crippen LogP contribution in [-0.4, -0.2) is 39.2 Å². The molecule has 2 aliphatic rings. The fraction of sp³-hybridized carbons (Fsp3) is 0.304. The van der Waals surface area contributed by atoms with Crippen molar-refractivity contribution < 1.29 is 9.90 Å². The summed E-state index contributed by atoms with van der Waals surface area (Å²) in [5, 5.41) is 13.4. The molecule has 0 atom stereocenters. The van der Waals surface area contributed by atoms with Crippen molar-refractivity contribution in [2.24, 2.45) is 4.99 Å². The maximum atomic E-state index is 12.4. The summed E-state index contributed by atoms with van der Waals surface area (Å²) >= 11 is 2.58. The van der Waals surface area contributed by atoms with Gasteiger partial charge < -0.3 is 0 Å². The minimum atomic E-state index is -2.40. The molecule has 0 radical (unpaired) electrons. The Morgan fingerprint density at radius 2 is 1.83 bits per heavy atom. The van der Waals surface area contributed by atoms with Crippen molar-refractivity contribution in [1.82, 2.24) is 0 Å². The van der Waals surface area contributed by atoms with Crippen LogP contribution in [0.15, 0.2) is 46.6 Å². The second-order valence-electron chi connectivity index (χ2n) is 8.34. The van der Waals surface area contributed by atoms with E-state index in [4.69, 9.17) is 4.99 Å². The quantitative estimate of drug-likeness (QED) is 0.309. The number of phenols is 1. The van der Waals surface area contributed by atoms with Crippen molar-refractivity contribution in [3.8, 4) is 15.8 Å². The number of aryl methyl sites for hydroxylation is 1. The number of aliphatic imine (C=N–C) groups is 1. The minimum absolute atomic E-state index is 0.0404. The van der Waals surface area contributed by atoms with Crippen LogP contribution in [0.4, 0.5) is 5.69 Å². The van der Waals surface area contributed by atoms with Gasteiger partial charge in [0, 0.05) is 0 Å². The number of hydrogen-bond acceptors (Lipinski definition) is 3. The van der Waals surface area contributed by atoms with Crippen LogP contribution >= 0.6 is 22.6 Å². The average Bonchev–Trinajstić information content (AvgIpc) is 2.97. The van der Waals surface area contributed by atoms with E-state index in [0.717, 1.165) is 22.2 Å². The van der Waals surface area contributed by atoms with Gasteiger partial charge in [0.15, 0.2) is 0 Å². The molecule has 0 bridgehead atoms. The number of aromatic hydroxyl groups is 1. The molecule has 6 heteroatoms. The number of phenolic OH excluding ortho intramolecular Hbond substituents is 1. The topological polar surface area (TPSA) is 49.7 Å². The van der Waals surface area contributed by atoms with Crippen LogP contribution in [0.2, 0.25) is 11.1 Å². The third-order valence-electron chi connectivity index (χ3n) is 6.15. The number of benzene rings is 1. The third kappa shape index (κ3) is 3.11. The molecule has 0 saturated heterocycles. The molecular weight excluding hydrogens is 556 g/mol. The van der Waals surface area contributed by atoms with E-state index in [-0.39, 0.29) is 20.3 Å². The predicted molar refractivity (Wildman–Crippen MR) is 133 cm³/mol. The molecule has 1 N–H and O–H groups in total. The Bertz CT molecular complexity index is 1100. The van der Waals surface area contributed by atoms with Gasteiger partial charge in [0.25, 0.3) is 0 Å². The zero-order valence-electron chi connectivity index (χ0n) is 17.2. The Balaban J connectivity index is 2.17. The van der Waals surface area contributed by atoms with Gasteiger partial charge >= 0.3 is 194 Å². The molecule has 0 spiro atoms. The maximum absolute atomic E-state index is 12.4. The van der Waals surface area contributed by atoms with E-state index in [0.29, 0.717) is 16.8 Å². The van der Waals surface area contributed by atoms with Crippen LogP contribution in [0, 0.1) is 10.5 Å². The van der Waals surface area contributed by atoms with Gasteiger partial charge in [-0.2, -0.15) is 0 Å². The normalized spacial score (nSPS) is 17.3. The molecule has 3 nitrogen and oxygen atoms in total. The van der Waals surface area contributed by atoms with Gasteiger partial charge in [-0.05, 0) is 0 Å². The van der Waals surface area contributed by atoms with E-state index < -0.39 is 8.07 Å². The van der Waals surface area contributed by atoms with E-state index in [1.165, 1.54) is 17.6 Å². The first-order valence-corrected chi connectivity index (χ1v) is 14.8. The second-order valence-corrected chi connectivity index (χ2v) is 17.2. The van der Waals surface area contributed by atoms with Crippen LogP contribution in [0.25, 0.3) is 10.0 Å². The summed E-state index contributed by atoms with van der Waals surface area (Å²) < 4.78 is 3.89. The van der Waals surface area contributed by atoms with Crippen LogP contribution < -0.4 is 5.19 Å². The van der Waals surface area contributed by atoms with E-state index >= 15 is 0 Å². The Labute approximate surface area is 192 Å². The first-order chi connectivity index (χ1) is 13.7. The van der Waals surface area contributed by atoms with Crippen LogP contribution in [0.3, 0.4) is 0 Å². The van der Waals surface area contributed by atoms with Crippen molar-refractivity contribution >= 4 is 67.5 Å². The number of carbonyl (C=O) groups excluding carboxylic acids is 1. The number of fused-ring (bicyclic) bond motifs is 2. The first-order valence-electron chi connectivity index (χ1n) is 9.83. The molecule has 0 saturated carbocycles. The molecule has 150 valence electrons. The summed E-state index contributed by atoms with van der Waals surface area (Å²) in [5.41, 5.74) is 3.60. The summed E-state index contributed by atoms with van der Waals surface area (Å²) in [6, 6.07) is 5.98. The van der Waals surface area contributed by atoms with Crippen LogP contribution in [0.1, 0.15) is 32.1 Å². The van der Waals surface area contributed by atoms with E-state index in [1.54, 1.807) is 12.1 Å². The number of rotatable bonds is 3. The van der Waals surface area contributed by atoms with Crippen molar-refractivity contribution in [3.63, 3.8) is 0 Å². The number of hydrogen-bond donors (Lipinski definition) is 1. The SMILES string of the molecule is Cc1[se]c(-c2c(O)ccc3c2[Si](C(C)C)(C(C)C)C2=CC(=O)C=CC2=N3)cc1I. The molecule has 2 heterocycles. The molecule has 4 rings (SSSR count). The molecular formula is C23H24INO2SeSi. The zero-order chi connectivity index (χ0) is 21.1. The summed E-state index contributed by atoms with van der Waals surface area (Å²) in [6.45, 7) is 11.3. The van der Waals surface area contributed by atoms with Crippen LogP contribution in [-0.2, 0) is 4.79 Å². The van der Waals surface area contributed by atoms with E-state index in [9.17, 15) is 9.90 Å². The van der Waals surface area contributed by atoms with Gasteiger partial charge in [0.2, 0.25) is 0 Å². The summed E-state index contributed by atoms with van der Waals surface area (Å²) in [5.74, 6) is 0.379. The Morgan fingerprint density at radius 3 is 2.41 bits per heavy atom. The van der Waals surface area contributed by atoms with Gasteiger partial charge in [-0.1, -0.05) is 0 Å². The van der Waals surface area contributed by atoms with Crippen molar-refractivity contribution in [2.75, 3.05) is 0 Å². The monoisotopic (exact) mass is 581 g/mol. The Hall–Kier alpha value is -1.21. The fourth-order valence-electron chi connectivity index (χ4n) is 5.00. The average molecular weight is 580 g/mol. The Morgan fingerprint density at radius 1 is 1.14 bits per heavy atom. The van der Waals surface area contributed by atoms with E-state index in [1.807, 2.05) is 18.2 Å². The fourth-order valence-corrected chi connectivity index (χ4v) is 14.8. The predicted octanol–water partition coefficient (Wildman–Crippen LogP) is 5.20. The zero-order valence-corrected chi connectivity index (χ0v) is 22.1. The molecule has 29 heavy (non-hydrogen) atoms. The Kier molecular flexibility index (Phi) is 5.43. The van der Waals surface area contributed by atoms with Crippen LogP contribution in [0.5, 0.6) is 5.75 Å². The molecule has 2 aromatic rings. The molecule has 0 amide bonds. The van der Waals surface area contributed by atoms with Gasteiger partial charge in [0.05, 0.1) is 0 Å². The van der Waals surface area contributed by atoms with Gasteiger partial charge in [0.1, 0.15) is 0 Å². The molecule has 1 aromatic heterocycles. The number of halogens is 1. The van der Waals surface area contributed by atoms with Gasteiger partial charge in [-0.3, -0.25) is 0 Å². The number of nitrogens with zero attached hydrogens (tertiary/aromatic N) is 1. The number of ketones is 1. The van der Waals surface area contributed by atoms with Gasteiger partial charge in [-0.15, -0.1) is 0 Å². The number of carbonyl (C=O) groups is 1.